The van der Waals surface area contributed by atoms with Gasteiger partial charge in [0.25, 0.3) is 5.91 Å². The number of pyridine rings is 1. The number of carbonyl (C=O) groups excluding carboxylic acids is 1. The van der Waals surface area contributed by atoms with Crippen LogP contribution in [0.5, 0.6) is 5.88 Å². The summed E-state index contributed by atoms with van der Waals surface area (Å²) >= 11 is 17.9. The number of amides is 1. The van der Waals surface area contributed by atoms with Crippen molar-refractivity contribution in [3.63, 3.8) is 0 Å². The third-order valence-electron chi connectivity index (χ3n) is 4.70. The lowest BCUT2D eigenvalue weighted by atomic mass is 10.0. The van der Waals surface area contributed by atoms with Crippen molar-refractivity contribution in [2.45, 2.75) is 25.9 Å². The minimum Gasteiger partial charge on any atom is -0.472 e. The molecule has 1 aliphatic heterocycles. The predicted molar refractivity (Wildman–Crippen MR) is 129 cm³/mol. The molecule has 2 aromatic heterocycles. The largest absolute Gasteiger partial charge is 0.472 e. The molecular weight excluding hydrogens is 523 g/mol. The Labute approximate surface area is 202 Å². The van der Waals surface area contributed by atoms with Crippen molar-refractivity contribution in [1.82, 2.24) is 14.8 Å². The number of carbonyl (C=O) groups is 1. The van der Waals surface area contributed by atoms with Crippen LogP contribution in [0.3, 0.4) is 0 Å². The van der Waals surface area contributed by atoms with E-state index in [1.165, 1.54) is 4.68 Å². The molecule has 1 fully saturated rings. The standard InChI is InChI=1S/C21H19BrCl2N4O2S/c1-11(2)14-6-12(23)7-15(22)19(14)26-21(29)17-8-18(30-13-9-31-10-13)27-28(17)20-16(24)4-3-5-25-20/h3-8,11,13H,9-10H2,1-2H3,(H,26,29). The molecule has 1 N–H and O–H groups in total. The van der Waals surface area contributed by atoms with Gasteiger partial charge in [-0.3, -0.25) is 4.79 Å². The lowest BCUT2D eigenvalue weighted by molar-refractivity contribution is 0.101. The highest BCUT2D eigenvalue weighted by Gasteiger charge is 2.26. The molecule has 1 aliphatic rings. The van der Waals surface area contributed by atoms with Crippen LogP contribution in [0.1, 0.15) is 35.8 Å². The van der Waals surface area contributed by atoms with Crippen LogP contribution in [0.4, 0.5) is 5.69 Å². The molecule has 1 aromatic carbocycles. The zero-order valence-electron chi connectivity index (χ0n) is 16.7. The van der Waals surface area contributed by atoms with Crippen molar-refractivity contribution < 1.29 is 9.53 Å². The molecule has 0 saturated carbocycles. The zero-order valence-corrected chi connectivity index (χ0v) is 20.6. The van der Waals surface area contributed by atoms with Crippen molar-refractivity contribution in [2.75, 3.05) is 16.8 Å². The van der Waals surface area contributed by atoms with E-state index in [9.17, 15) is 4.79 Å². The molecule has 0 unspecified atom stereocenters. The minimum absolute atomic E-state index is 0.0846. The van der Waals surface area contributed by atoms with E-state index in [0.29, 0.717) is 31.9 Å². The number of anilines is 1. The van der Waals surface area contributed by atoms with Gasteiger partial charge in [0, 0.05) is 33.3 Å². The molecule has 0 spiro atoms. The number of rotatable bonds is 6. The Bertz CT molecular complexity index is 1130. The van der Waals surface area contributed by atoms with Gasteiger partial charge in [-0.05, 0) is 51.7 Å². The maximum Gasteiger partial charge on any atom is 0.274 e. The van der Waals surface area contributed by atoms with Gasteiger partial charge in [-0.1, -0.05) is 37.0 Å². The molecule has 3 heterocycles. The maximum atomic E-state index is 13.4. The number of nitrogens with zero attached hydrogens (tertiary/aromatic N) is 3. The molecule has 10 heteroatoms. The first-order valence-corrected chi connectivity index (χ1v) is 12.3. The second-order valence-corrected chi connectivity index (χ2v) is 10.1. The second-order valence-electron chi connectivity index (χ2n) is 7.33. The molecule has 6 nitrogen and oxygen atoms in total. The van der Waals surface area contributed by atoms with Crippen LogP contribution >= 0.6 is 50.9 Å². The van der Waals surface area contributed by atoms with E-state index in [-0.39, 0.29) is 23.6 Å². The number of thioether (sulfide) groups is 1. The van der Waals surface area contributed by atoms with Crippen LogP contribution in [0.15, 0.2) is 41.0 Å². The summed E-state index contributed by atoms with van der Waals surface area (Å²) in [6.07, 6.45) is 1.68. The molecule has 1 amide bonds. The van der Waals surface area contributed by atoms with Crippen molar-refractivity contribution in [1.29, 1.82) is 0 Å². The number of hydrogen-bond donors (Lipinski definition) is 1. The van der Waals surface area contributed by atoms with Gasteiger partial charge < -0.3 is 10.1 Å². The number of ether oxygens (including phenoxy) is 1. The fourth-order valence-electron chi connectivity index (χ4n) is 3.08. The van der Waals surface area contributed by atoms with E-state index in [1.54, 1.807) is 42.2 Å². The van der Waals surface area contributed by atoms with Crippen LogP contribution < -0.4 is 10.1 Å². The normalized spacial score (nSPS) is 13.9. The second kappa shape index (κ2) is 9.40. The van der Waals surface area contributed by atoms with E-state index in [0.717, 1.165) is 17.1 Å². The summed E-state index contributed by atoms with van der Waals surface area (Å²) in [6, 6.07) is 8.63. The third-order valence-corrected chi connectivity index (χ3v) is 7.05. The van der Waals surface area contributed by atoms with Crippen LogP contribution in [-0.2, 0) is 0 Å². The summed E-state index contributed by atoms with van der Waals surface area (Å²) in [7, 11) is 0. The molecule has 0 bridgehead atoms. The summed E-state index contributed by atoms with van der Waals surface area (Å²) in [5, 5.41) is 8.42. The summed E-state index contributed by atoms with van der Waals surface area (Å²) in [6.45, 7) is 4.07. The summed E-state index contributed by atoms with van der Waals surface area (Å²) in [5.74, 6) is 2.29. The first-order valence-electron chi connectivity index (χ1n) is 9.59. The Morgan fingerprint density at radius 2 is 2.10 bits per heavy atom. The summed E-state index contributed by atoms with van der Waals surface area (Å²) in [4.78, 5) is 17.7. The number of nitrogens with one attached hydrogen (secondary N) is 1. The third kappa shape index (κ3) is 4.87. The van der Waals surface area contributed by atoms with Gasteiger partial charge in [0.15, 0.2) is 5.82 Å². The van der Waals surface area contributed by atoms with E-state index in [1.807, 2.05) is 19.9 Å². The molecule has 4 rings (SSSR count). The Morgan fingerprint density at radius 3 is 2.74 bits per heavy atom. The molecule has 162 valence electrons. The average molecular weight is 542 g/mol. The van der Waals surface area contributed by atoms with Crippen LogP contribution in [0.2, 0.25) is 10.0 Å². The topological polar surface area (TPSA) is 69.0 Å². The Balaban J connectivity index is 1.73. The fourth-order valence-corrected chi connectivity index (χ4v) is 4.78. The van der Waals surface area contributed by atoms with Crippen LogP contribution in [0.25, 0.3) is 5.82 Å². The van der Waals surface area contributed by atoms with Gasteiger partial charge in [-0.25, -0.2) is 9.67 Å². The smallest absolute Gasteiger partial charge is 0.274 e. The molecule has 0 aliphatic carbocycles. The quantitative estimate of drug-likeness (QED) is 0.402. The van der Waals surface area contributed by atoms with E-state index >= 15 is 0 Å². The maximum absolute atomic E-state index is 13.4. The number of benzene rings is 1. The van der Waals surface area contributed by atoms with Gasteiger partial charge in [-0.2, -0.15) is 11.8 Å². The lowest BCUT2D eigenvalue weighted by Gasteiger charge is -2.24. The highest BCUT2D eigenvalue weighted by Crippen LogP contribution is 2.35. The fraction of sp³-hybridized carbons (Fsp3) is 0.286. The van der Waals surface area contributed by atoms with Gasteiger partial charge in [0.05, 0.1) is 10.7 Å². The number of halogens is 3. The molecule has 1 saturated heterocycles. The van der Waals surface area contributed by atoms with Crippen molar-refractivity contribution in [3.8, 4) is 11.7 Å². The van der Waals surface area contributed by atoms with Gasteiger partial charge in [-0.15, -0.1) is 5.10 Å². The average Bonchev–Trinajstić information content (AvgIpc) is 3.10. The Hall–Kier alpha value is -1.74. The monoisotopic (exact) mass is 540 g/mol. The molecular formula is C21H19BrCl2N4O2S. The molecule has 3 aromatic rings. The summed E-state index contributed by atoms with van der Waals surface area (Å²) in [5.41, 5.74) is 1.83. The molecule has 31 heavy (non-hydrogen) atoms. The van der Waals surface area contributed by atoms with Gasteiger partial charge >= 0.3 is 0 Å². The first kappa shape index (κ1) is 22.5. The highest BCUT2D eigenvalue weighted by atomic mass is 79.9. The van der Waals surface area contributed by atoms with Crippen LogP contribution in [0, 0.1) is 0 Å². The van der Waals surface area contributed by atoms with Gasteiger partial charge in [0.1, 0.15) is 11.8 Å². The van der Waals surface area contributed by atoms with Crippen LogP contribution in [-0.4, -0.2) is 38.3 Å². The number of hydrogen-bond acceptors (Lipinski definition) is 5. The minimum atomic E-state index is -0.364. The summed E-state index contributed by atoms with van der Waals surface area (Å²) < 4.78 is 8.02. The Morgan fingerprint density at radius 1 is 1.32 bits per heavy atom. The van der Waals surface area contributed by atoms with E-state index in [4.69, 9.17) is 27.9 Å². The lowest BCUT2D eigenvalue weighted by Crippen LogP contribution is -2.31. The van der Waals surface area contributed by atoms with E-state index < -0.39 is 0 Å². The van der Waals surface area contributed by atoms with Crippen molar-refractivity contribution in [3.05, 3.63) is 62.3 Å². The predicted octanol–water partition coefficient (Wildman–Crippen LogP) is 6.21. The SMILES string of the molecule is CC(C)c1cc(Cl)cc(Br)c1NC(=O)c1cc(OC2CSC2)nn1-c1ncccc1Cl. The highest BCUT2D eigenvalue weighted by molar-refractivity contribution is 9.10. The Kier molecular flexibility index (Phi) is 6.81. The molecule has 0 radical (unpaired) electrons. The van der Waals surface area contributed by atoms with Crippen molar-refractivity contribution in [2.24, 2.45) is 0 Å². The van der Waals surface area contributed by atoms with Crippen molar-refractivity contribution >= 4 is 62.5 Å². The van der Waals surface area contributed by atoms with E-state index in [2.05, 4.69) is 31.3 Å². The molecule has 0 atom stereocenters. The zero-order chi connectivity index (χ0) is 22.1. The number of aromatic nitrogens is 3. The van der Waals surface area contributed by atoms with Gasteiger partial charge in [0.2, 0.25) is 5.88 Å². The first-order chi connectivity index (χ1) is 14.8.